The number of benzene rings is 4. The van der Waals surface area contributed by atoms with Crippen LogP contribution in [0.2, 0.25) is 0 Å². The molecule has 1 saturated heterocycles. The van der Waals surface area contributed by atoms with Crippen molar-refractivity contribution in [2.24, 2.45) is 22.9 Å². The number of aliphatic carboxylic acids is 1. The second-order valence-electron chi connectivity index (χ2n) is 27.6. The predicted octanol–water partition coefficient (Wildman–Crippen LogP) is -4.91. The number of hydrogen-bond acceptors (Lipinski definition) is 23. The van der Waals surface area contributed by atoms with Crippen molar-refractivity contribution in [2.45, 2.75) is 182 Å². The minimum atomic E-state index is -1.99. The normalized spacial score (nSPS) is 23.7. The third-order valence-corrected chi connectivity index (χ3v) is 20.7. The number of aromatic amines is 1. The molecule has 0 spiro atoms. The highest BCUT2D eigenvalue weighted by Crippen LogP contribution is 2.25. The van der Waals surface area contributed by atoms with Gasteiger partial charge in [-0.15, -0.1) is 0 Å². The van der Waals surface area contributed by atoms with Gasteiger partial charge in [-0.3, -0.25) is 67.1 Å². The highest BCUT2D eigenvalue weighted by molar-refractivity contribution is 8.76. The summed E-state index contributed by atoms with van der Waals surface area (Å²) in [6.07, 6.45) is -3.48. The van der Waals surface area contributed by atoms with E-state index < -0.39 is 210 Å². The topological polar surface area (TPSA) is 613 Å². The van der Waals surface area contributed by atoms with Gasteiger partial charge >= 0.3 is 5.97 Å². The first-order valence-electron chi connectivity index (χ1n) is 37.4. The smallest absolute Gasteiger partial charge is 0.327 e. The highest BCUT2D eigenvalue weighted by atomic mass is 33.1. The van der Waals surface area contributed by atoms with Gasteiger partial charge in [0, 0.05) is 54.3 Å². The van der Waals surface area contributed by atoms with Gasteiger partial charge in [-0.2, -0.15) is 0 Å². The average Bonchev–Trinajstić information content (AvgIpc) is 1.71. The Balaban J connectivity index is 1.47. The van der Waals surface area contributed by atoms with Gasteiger partial charge in [-0.1, -0.05) is 131 Å². The maximum Gasteiger partial charge on any atom is 0.327 e. The number of amides is 14. The van der Waals surface area contributed by atoms with Crippen LogP contribution in [0.5, 0.6) is 0 Å². The number of nitrogens with one attached hydrogen (secondary N) is 14. The molecule has 0 radical (unpaired) electrons. The number of aliphatic hydroxyl groups excluding tert-OH is 3. The summed E-state index contributed by atoms with van der Waals surface area (Å²) in [6, 6.07) is 9.57. The van der Waals surface area contributed by atoms with Crippen molar-refractivity contribution in [1.82, 2.24) is 74.1 Å². The molecule has 1 aliphatic rings. The number of aliphatic hydroxyl groups is 3. The molecule has 0 saturated carbocycles. The number of hydrogen-bond donors (Lipinski definition) is 22. The molecule has 1 fully saturated rings. The Morgan fingerprint density at radius 1 is 0.470 bits per heavy atom. The fourth-order valence-electron chi connectivity index (χ4n) is 11.9. The summed E-state index contributed by atoms with van der Waals surface area (Å²) < 4.78 is 0. The van der Waals surface area contributed by atoms with Gasteiger partial charge in [0.05, 0.1) is 37.8 Å². The first kappa shape index (κ1) is 92.8. The van der Waals surface area contributed by atoms with Crippen molar-refractivity contribution in [3.05, 3.63) is 144 Å². The lowest BCUT2D eigenvalue weighted by Crippen LogP contribution is -2.63. The fourth-order valence-corrected chi connectivity index (χ4v) is 14.3. The van der Waals surface area contributed by atoms with Crippen molar-refractivity contribution in [2.75, 3.05) is 37.7 Å². The van der Waals surface area contributed by atoms with Gasteiger partial charge in [0.15, 0.2) is 0 Å². The van der Waals surface area contributed by atoms with E-state index in [2.05, 4.69) is 74.1 Å². The molecule has 39 heteroatoms. The lowest BCUT2D eigenvalue weighted by atomic mass is 10.00. The standard InChI is InChI=1S/C76H104N18O19S2/c1-41(79)64(100)82-37-61(99)83-58-39-114-115-40-59(76(112)113)92-72(108)57(38-95)91-75(111)63(43(3)97)94-71(107)54(33-46-23-11-6-12-24-46)90-74(110)62(42(2)96)93-66(102)51(28-16-18-30-78)84-69(105)55(34-47-36-81-49-26-14-13-25-48(47)49)88-68(104)53(32-45-21-9-5-10-22-45)86-67(103)52(31-44-19-7-4-8-20-44)87-70(106)56(35-60(80)98)89-65(101)50(85-73(58)109)27-15-17-29-77/h4-14,19-26,36,41-43,50-59,62-63,81,95-97H,15-18,27-35,37-40,77-79H2,1-3H3,(H2,80,98)(H,82,100)(H,83,99)(H,84,105)(H,85,109)(H,86,103)(H,87,106)(H,88,104)(H,89,101)(H,90,110)(H,91,111)(H,92,108)(H,93,102)(H,94,107)(H,112,113)/t41-,42+,43+,50-,51-,52+,53-,54-,55+,56-,57-,58-,59-,62-,63-/m0/s1. The van der Waals surface area contributed by atoms with E-state index in [9.17, 15) is 78.0 Å². The zero-order valence-electron chi connectivity index (χ0n) is 63.8. The molecular weight excluding hydrogens is 1530 g/mol. The van der Waals surface area contributed by atoms with E-state index in [4.69, 9.17) is 22.9 Å². The number of H-pyrrole nitrogens is 1. The van der Waals surface area contributed by atoms with Crippen LogP contribution < -0.4 is 92.1 Å². The summed E-state index contributed by atoms with van der Waals surface area (Å²) in [4.78, 5) is 217. The molecule has 14 amide bonds. The minimum absolute atomic E-state index is 0.104. The second-order valence-corrected chi connectivity index (χ2v) is 30.1. The number of carbonyl (C=O) groups is 15. The average molecular weight is 1640 g/mol. The predicted molar refractivity (Wildman–Crippen MR) is 425 cm³/mol. The van der Waals surface area contributed by atoms with Crippen LogP contribution in [-0.2, 0) is 97.6 Å². The molecule has 0 bridgehead atoms. The zero-order valence-corrected chi connectivity index (χ0v) is 65.4. The van der Waals surface area contributed by atoms with Crippen molar-refractivity contribution < 1.29 is 92.3 Å². The molecular formula is C76H104N18O19S2. The molecule has 5 aromatic rings. The Morgan fingerprint density at radius 3 is 1.30 bits per heavy atom. The van der Waals surface area contributed by atoms with Crippen LogP contribution >= 0.6 is 21.6 Å². The Hall–Kier alpha value is -11.1. The molecule has 4 aromatic carbocycles. The zero-order chi connectivity index (χ0) is 84.3. The number of fused-ring (bicyclic) bond motifs is 1. The number of unbranched alkanes of at least 4 members (excludes halogenated alkanes) is 2. The van der Waals surface area contributed by atoms with Crippen molar-refractivity contribution in [3.63, 3.8) is 0 Å². The van der Waals surface area contributed by atoms with E-state index in [0.717, 1.165) is 35.4 Å². The summed E-state index contributed by atoms with van der Waals surface area (Å²) >= 11 is 0. The van der Waals surface area contributed by atoms with E-state index in [0.29, 0.717) is 39.6 Å². The maximum atomic E-state index is 15.4. The molecule has 0 aliphatic carbocycles. The van der Waals surface area contributed by atoms with E-state index in [1.165, 1.54) is 6.92 Å². The Bertz CT molecular complexity index is 4130. The third kappa shape index (κ3) is 30.7. The van der Waals surface area contributed by atoms with E-state index in [1.54, 1.807) is 121 Å². The molecule has 1 aromatic heterocycles. The lowest BCUT2D eigenvalue weighted by Gasteiger charge is -2.29. The lowest BCUT2D eigenvalue weighted by molar-refractivity contribution is -0.142. The van der Waals surface area contributed by atoms with Gasteiger partial charge in [-0.25, -0.2) is 4.79 Å². The fraction of sp³-hybridized carbons (Fsp3) is 0.461. The SMILES string of the molecule is C[C@H](N)C(=O)NCC(=O)N[C@H]1CSSC[C@@H](C(=O)O)NC(=O)[C@H](CO)NC(=O)[C@H]([C@@H](C)O)NC(=O)[C@H](Cc2ccccc2)NC(=O)[C@H]([C@@H](C)O)NC(=O)[C@H](CCCCN)NC(=O)[C@@H](Cc2c[nH]c3ccccc23)NC(=O)[C@H](Cc2ccccc2)NC(=O)[C@@H](Cc2ccccc2)NC(=O)[C@H](CC(N)=O)NC(=O)[C@H](CCCCN)NC1=O. The Morgan fingerprint density at radius 2 is 0.852 bits per heavy atom. The summed E-state index contributed by atoms with van der Waals surface area (Å²) in [7, 11) is 1.49. The van der Waals surface area contributed by atoms with Gasteiger partial charge in [-0.05, 0) is 101 Å². The number of carboxylic acid groups (broad SMARTS) is 1. The molecule has 15 atom stereocenters. The first-order valence-corrected chi connectivity index (χ1v) is 39.8. The maximum absolute atomic E-state index is 15.4. The number of rotatable bonds is 26. The Labute approximate surface area is 670 Å². The number of primary amides is 1. The van der Waals surface area contributed by atoms with Crippen LogP contribution in [0.25, 0.3) is 10.9 Å². The van der Waals surface area contributed by atoms with E-state index in [-0.39, 0.29) is 70.9 Å². The number of para-hydroxylation sites is 1. The molecule has 0 unspecified atom stereocenters. The second kappa shape index (κ2) is 47.6. The molecule has 624 valence electrons. The van der Waals surface area contributed by atoms with Crippen molar-refractivity contribution in [1.29, 1.82) is 0 Å². The summed E-state index contributed by atoms with van der Waals surface area (Å²) in [6.45, 7) is 1.88. The molecule has 26 N–H and O–H groups in total. The molecule has 115 heavy (non-hydrogen) atoms. The van der Waals surface area contributed by atoms with Gasteiger partial charge in [0.25, 0.3) is 0 Å². The van der Waals surface area contributed by atoms with Crippen LogP contribution in [0.1, 0.15) is 88.0 Å². The number of nitrogens with two attached hydrogens (primary N) is 4. The van der Waals surface area contributed by atoms with Gasteiger partial charge in [0.1, 0.15) is 72.5 Å². The van der Waals surface area contributed by atoms with Crippen LogP contribution in [0, 0.1) is 0 Å². The number of carboxylic acids is 1. The van der Waals surface area contributed by atoms with Crippen LogP contribution in [0.15, 0.2) is 121 Å². The molecule has 1 aliphatic heterocycles. The highest BCUT2D eigenvalue weighted by Gasteiger charge is 2.40. The monoisotopic (exact) mass is 1640 g/mol. The molecule has 37 nitrogen and oxygen atoms in total. The quantitative estimate of drug-likeness (QED) is 0.0182. The van der Waals surface area contributed by atoms with Crippen LogP contribution in [0.3, 0.4) is 0 Å². The summed E-state index contributed by atoms with van der Waals surface area (Å²) in [5, 5.41) is 76.1. The van der Waals surface area contributed by atoms with Crippen LogP contribution in [0.4, 0.5) is 0 Å². The first-order chi connectivity index (χ1) is 54.9. The van der Waals surface area contributed by atoms with Crippen LogP contribution in [-0.4, -0.2) is 243 Å². The van der Waals surface area contributed by atoms with E-state index >= 15 is 14.4 Å². The third-order valence-electron chi connectivity index (χ3n) is 18.3. The molecule has 2 heterocycles. The summed E-state index contributed by atoms with van der Waals surface area (Å²) in [5.41, 5.74) is 25.6. The van der Waals surface area contributed by atoms with E-state index in [1.807, 2.05) is 0 Å². The molecule has 6 rings (SSSR count). The number of carbonyl (C=O) groups excluding carboxylic acids is 14. The number of aromatic nitrogens is 1. The minimum Gasteiger partial charge on any atom is -0.480 e. The van der Waals surface area contributed by atoms with Crippen molar-refractivity contribution in [3.8, 4) is 0 Å². The van der Waals surface area contributed by atoms with Gasteiger partial charge in [0.2, 0.25) is 82.7 Å². The summed E-state index contributed by atoms with van der Waals surface area (Å²) in [5.74, 6) is -17.7. The van der Waals surface area contributed by atoms with Crippen molar-refractivity contribution >= 4 is 121 Å². The Kier molecular flexibility index (Phi) is 38.4. The van der Waals surface area contributed by atoms with Gasteiger partial charge < -0.3 is 117 Å². The largest absolute Gasteiger partial charge is 0.480 e.